The SMILES string of the molecule is CCOP(=O)(OCC)C(C)[N+](C)([O])c1ccccc1. The van der Waals surface area contributed by atoms with Crippen molar-refractivity contribution < 1.29 is 18.8 Å². The van der Waals surface area contributed by atoms with Gasteiger partial charge in [-0.05, 0) is 13.8 Å². The summed E-state index contributed by atoms with van der Waals surface area (Å²) in [6.07, 6.45) is 0. The van der Waals surface area contributed by atoms with Gasteiger partial charge in [-0.25, -0.2) is 0 Å². The van der Waals surface area contributed by atoms with Crippen molar-refractivity contribution in [3.05, 3.63) is 30.3 Å². The fraction of sp³-hybridized carbons (Fsp3) is 0.538. The zero-order valence-corrected chi connectivity index (χ0v) is 12.8. The first kappa shape index (κ1) is 16.3. The summed E-state index contributed by atoms with van der Waals surface area (Å²) in [4.78, 5) is 0. The van der Waals surface area contributed by atoms with Crippen LogP contribution in [0.4, 0.5) is 5.69 Å². The van der Waals surface area contributed by atoms with E-state index < -0.39 is 18.0 Å². The van der Waals surface area contributed by atoms with Gasteiger partial charge in [-0.2, -0.15) is 0 Å². The van der Waals surface area contributed by atoms with E-state index in [1.54, 1.807) is 45.0 Å². The van der Waals surface area contributed by atoms with E-state index >= 15 is 0 Å². The molecule has 0 fully saturated rings. The Morgan fingerprint density at radius 2 is 1.63 bits per heavy atom. The average molecular weight is 287 g/mol. The van der Waals surface area contributed by atoms with Crippen LogP contribution in [0.1, 0.15) is 20.8 Å². The third-order valence-electron chi connectivity index (χ3n) is 3.06. The van der Waals surface area contributed by atoms with Crippen molar-refractivity contribution in [2.24, 2.45) is 0 Å². The Morgan fingerprint density at radius 3 is 2.05 bits per heavy atom. The lowest BCUT2D eigenvalue weighted by Gasteiger charge is -2.31. The molecular formula is C13H22NO4P+. The van der Waals surface area contributed by atoms with Crippen LogP contribution < -0.4 is 4.65 Å². The van der Waals surface area contributed by atoms with E-state index in [4.69, 9.17) is 9.05 Å². The molecule has 0 amide bonds. The predicted octanol–water partition coefficient (Wildman–Crippen LogP) is 3.58. The highest BCUT2D eigenvalue weighted by molar-refractivity contribution is 7.54. The first-order valence-electron chi connectivity index (χ1n) is 6.40. The van der Waals surface area contributed by atoms with Gasteiger partial charge in [-0.15, -0.1) is 0 Å². The highest BCUT2D eigenvalue weighted by atomic mass is 31.2. The summed E-state index contributed by atoms with van der Waals surface area (Å²) in [5.41, 5.74) is 0.523. The number of para-hydroxylation sites is 1. The Bertz CT molecular complexity index is 426. The fourth-order valence-electron chi connectivity index (χ4n) is 1.82. The molecule has 19 heavy (non-hydrogen) atoms. The molecule has 0 bridgehead atoms. The van der Waals surface area contributed by atoms with Crippen LogP contribution in [0.2, 0.25) is 0 Å². The van der Waals surface area contributed by atoms with Crippen molar-refractivity contribution in [1.82, 2.24) is 4.65 Å². The summed E-state index contributed by atoms with van der Waals surface area (Å²) >= 11 is 0. The van der Waals surface area contributed by atoms with Crippen molar-refractivity contribution >= 4 is 13.3 Å². The molecule has 2 atom stereocenters. The van der Waals surface area contributed by atoms with Crippen molar-refractivity contribution in [3.63, 3.8) is 0 Å². The standard InChI is InChI=1S/C13H22NO4P/c1-5-17-19(16,18-6-2)12(3)14(4,15)13-10-8-7-9-11-13/h7-12H,5-6H2,1-4H3/q+1. The summed E-state index contributed by atoms with van der Waals surface area (Å²) in [7, 11) is -1.97. The Labute approximate surface area is 114 Å². The minimum atomic E-state index is -3.44. The van der Waals surface area contributed by atoms with Crippen molar-refractivity contribution in [2.45, 2.75) is 26.6 Å². The first-order chi connectivity index (χ1) is 8.88. The maximum atomic E-state index is 12.8. The van der Waals surface area contributed by atoms with Crippen molar-refractivity contribution in [2.75, 3.05) is 20.3 Å². The Balaban J connectivity index is 3.08. The number of rotatable bonds is 7. The second kappa shape index (κ2) is 6.64. The number of quaternary nitrogens is 1. The number of hydrogen-bond acceptors (Lipinski definition) is 3. The smallest absolute Gasteiger partial charge is 0.305 e. The number of hydroxylamine groups is 2. The van der Waals surface area contributed by atoms with Crippen LogP contribution in [0.15, 0.2) is 30.3 Å². The maximum Gasteiger partial charge on any atom is 0.390 e. The molecule has 1 radical (unpaired) electrons. The van der Waals surface area contributed by atoms with Crippen LogP contribution in [-0.4, -0.2) is 26.0 Å². The highest BCUT2D eigenvalue weighted by Gasteiger charge is 2.48. The van der Waals surface area contributed by atoms with Gasteiger partial charge in [0.25, 0.3) is 0 Å². The molecule has 0 saturated heterocycles. The normalized spacial score (nSPS) is 16.9. The third-order valence-corrected chi connectivity index (χ3v) is 5.65. The van der Waals surface area contributed by atoms with E-state index in [0.29, 0.717) is 5.69 Å². The van der Waals surface area contributed by atoms with Gasteiger partial charge in [0, 0.05) is 24.3 Å². The van der Waals surface area contributed by atoms with E-state index in [1.165, 1.54) is 7.05 Å². The fourth-order valence-corrected chi connectivity index (χ4v) is 3.72. The summed E-state index contributed by atoms with van der Waals surface area (Å²) in [5.74, 6) is -0.824. The van der Waals surface area contributed by atoms with Gasteiger partial charge in [-0.3, -0.25) is 4.57 Å². The van der Waals surface area contributed by atoms with Crippen molar-refractivity contribution in [1.29, 1.82) is 0 Å². The van der Waals surface area contributed by atoms with Crippen LogP contribution >= 0.6 is 7.60 Å². The molecule has 1 aromatic carbocycles. The molecule has 0 aromatic heterocycles. The number of nitrogens with zero attached hydrogens (tertiary/aromatic N) is 1. The van der Waals surface area contributed by atoms with Crippen molar-refractivity contribution in [3.8, 4) is 0 Å². The quantitative estimate of drug-likeness (QED) is 0.437. The number of benzene rings is 1. The van der Waals surface area contributed by atoms with Gasteiger partial charge < -0.3 is 9.05 Å². The number of hydrogen-bond donors (Lipinski definition) is 0. The van der Waals surface area contributed by atoms with Gasteiger partial charge in [0.15, 0.2) is 5.69 Å². The van der Waals surface area contributed by atoms with E-state index in [1.807, 2.05) is 6.07 Å². The second-order valence-electron chi connectivity index (χ2n) is 4.33. The lowest BCUT2D eigenvalue weighted by atomic mass is 10.3. The Morgan fingerprint density at radius 1 is 1.16 bits per heavy atom. The Hall–Kier alpha value is -0.710. The molecule has 1 rings (SSSR count). The van der Waals surface area contributed by atoms with Crippen LogP contribution in [0.5, 0.6) is 0 Å². The van der Waals surface area contributed by atoms with E-state index in [9.17, 15) is 9.77 Å². The summed E-state index contributed by atoms with van der Waals surface area (Å²) < 4.78 is 22.4. The van der Waals surface area contributed by atoms with Crippen LogP contribution in [0.25, 0.3) is 0 Å². The van der Waals surface area contributed by atoms with Gasteiger partial charge in [0.05, 0.1) is 13.2 Å². The minimum Gasteiger partial charge on any atom is -0.305 e. The molecular weight excluding hydrogens is 265 g/mol. The molecule has 5 nitrogen and oxygen atoms in total. The molecule has 0 heterocycles. The molecule has 0 spiro atoms. The summed E-state index contributed by atoms with van der Waals surface area (Å²) in [6.45, 7) is 5.56. The molecule has 0 aliphatic carbocycles. The Kier molecular flexibility index (Phi) is 5.71. The minimum absolute atomic E-state index is 0.246. The largest absolute Gasteiger partial charge is 0.390 e. The zero-order valence-electron chi connectivity index (χ0n) is 11.9. The second-order valence-corrected chi connectivity index (χ2v) is 6.68. The monoisotopic (exact) mass is 287 g/mol. The maximum absolute atomic E-state index is 12.8. The molecule has 6 heteroatoms. The topological polar surface area (TPSA) is 55.4 Å². The lowest BCUT2D eigenvalue weighted by molar-refractivity contribution is -0.136. The summed E-state index contributed by atoms with van der Waals surface area (Å²) in [5, 5.41) is 12.8. The van der Waals surface area contributed by atoms with Crippen LogP contribution in [0, 0.1) is 0 Å². The molecule has 1 aromatic rings. The molecule has 0 N–H and O–H groups in total. The highest BCUT2D eigenvalue weighted by Crippen LogP contribution is 2.56. The van der Waals surface area contributed by atoms with E-state index in [2.05, 4.69) is 0 Å². The van der Waals surface area contributed by atoms with Gasteiger partial charge in [0.1, 0.15) is 7.05 Å². The van der Waals surface area contributed by atoms with E-state index in [-0.39, 0.29) is 13.2 Å². The third kappa shape index (κ3) is 3.65. The van der Waals surface area contributed by atoms with Gasteiger partial charge in [0.2, 0.25) is 5.78 Å². The van der Waals surface area contributed by atoms with Gasteiger partial charge >= 0.3 is 7.60 Å². The average Bonchev–Trinajstić information content (AvgIpc) is 2.39. The predicted molar refractivity (Wildman–Crippen MR) is 75.2 cm³/mol. The van der Waals surface area contributed by atoms with Crippen LogP contribution in [-0.2, 0) is 18.8 Å². The first-order valence-corrected chi connectivity index (χ1v) is 8.01. The molecule has 0 saturated carbocycles. The van der Waals surface area contributed by atoms with Gasteiger partial charge in [-0.1, -0.05) is 22.8 Å². The van der Waals surface area contributed by atoms with E-state index in [0.717, 1.165) is 0 Å². The lowest BCUT2D eigenvalue weighted by Crippen LogP contribution is -2.48. The molecule has 2 unspecified atom stereocenters. The zero-order chi connectivity index (χ0) is 14.5. The summed E-state index contributed by atoms with van der Waals surface area (Å²) in [6, 6.07) is 8.82. The molecule has 0 aliphatic rings. The molecule has 0 aliphatic heterocycles. The molecule has 107 valence electrons. The van der Waals surface area contributed by atoms with Crippen LogP contribution in [0.3, 0.4) is 0 Å².